The Morgan fingerprint density at radius 2 is 1.86 bits per heavy atom. The van der Waals surface area contributed by atoms with Crippen molar-refractivity contribution in [3.05, 3.63) is 64.7 Å². The van der Waals surface area contributed by atoms with Crippen LogP contribution in [0.15, 0.2) is 48.5 Å². The molecule has 2 amide bonds. The first-order valence-electron chi connectivity index (χ1n) is 10.5. The fraction of sp³-hybridized carbons (Fsp3) is 0.417. The predicted octanol–water partition coefficient (Wildman–Crippen LogP) is 5.06. The van der Waals surface area contributed by atoms with Crippen molar-refractivity contribution in [1.29, 1.82) is 0 Å². The molecule has 1 aliphatic heterocycles. The number of anilines is 1. The zero-order valence-corrected chi connectivity index (χ0v) is 17.5. The molecule has 0 aromatic heterocycles. The number of hydrogen-bond acceptors (Lipinski definition) is 2. The molecule has 1 saturated carbocycles. The summed E-state index contributed by atoms with van der Waals surface area (Å²) in [6.07, 6.45) is 4.65. The second-order valence-electron chi connectivity index (χ2n) is 8.04. The second kappa shape index (κ2) is 8.58. The van der Waals surface area contributed by atoms with Crippen LogP contribution in [0, 0.1) is 5.92 Å². The highest BCUT2D eigenvalue weighted by atomic mass is 35.5. The van der Waals surface area contributed by atoms with Gasteiger partial charge in [0.05, 0.1) is 0 Å². The lowest BCUT2D eigenvalue weighted by molar-refractivity contribution is -0.129. The summed E-state index contributed by atoms with van der Waals surface area (Å²) in [5.41, 5.74) is 3.01. The molecule has 0 unspecified atom stereocenters. The number of amides is 2. The van der Waals surface area contributed by atoms with Crippen molar-refractivity contribution in [2.45, 2.75) is 57.5 Å². The van der Waals surface area contributed by atoms with Crippen LogP contribution in [-0.4, -0.2) is 17.9 Å². The number of hydrogen-bond donors (Lipinski definition) is 1. The van der Waals surface area contributed by atoms with Crippen molar-refractivity contribution in [1.82, 2.24) is 5.32 Å². The minimum atomic E-state index is -0.519. The number of benzene rings is 2. The molecule has 0 radical (unpaired) electrons. The average molecular weight is 411 g/mol. The van der Waals surface area contributed by atoms with Gasteiger partial charge in [0.15, 0.2) is 0 Å². The highest BCUT2D eigenvalue weighted by Gasteiger charge is 2.44. The summed E-state index contributed by atoms with van der Waals surface area (Å²) in [6.45, 7) is 2.42. The predicted molar refractivity (Wildman–Crippen MR) is 116 cm³/mol. The third-order valence-corrected chi connectivity index (χ3v) is 6.51. The van der Waals surface area contributed by atoms with Gasteiger partial charge in [0, 0.05) is 23.2 Å². The highest BCUT2D eigenvalue weighted by molar-refractivity contribution is 6.30. The molecule has 2 aromatic rings. The average Bonchev–Trinajstić information content (AvgIpc) is 2.76. The molecule has 4 rings (SSSR count). The van der Waals surface area contributed by atoms with Gasteiger partial charge in [0.25, 0.3) is 0 Å². The van der Waals surface area contributed by atoms with Gasteiger partial charge in [-0.2, -0.15) is 0 Å². The fourth-order valence-electron chi connectivity index (χ4n) is 4.85. The van der Waals surface area contributed by atoms with Gasteiger partial charge in [-0.05, 0) is 54.5 Å². The first-order chi connectivity index (χ1) is 14.1. The van der Waals surface area contributed by atoms with Gasteiger partial charge in [0.2, 0.25) is 11.8 Å². The normalized spacial score (nSPS) is 21.9. The van der Waals surface area contributed by atoms with Crippen LogP contribution in [0.25, 0.3) is 0 Å². The van der Waals surface area contributed by atoms with Crippen molar-refractivity contribution >= 4 is 29.1 Å². The summed E-state index contributed by atoms with van der Waals surface area (Å²) in [7, 11) is 0. The number of carbonyl (C=O) groups is 2. The van der Waals surface area contributed by atoms with E-state index in [1.54, 1.807) is 4.90 Å². The summed E-state index contributed by atoms with van der Waals surface area (Å²) in [6, 6.07) is 15.0. The second-order valence-corrected chi connectivity index (χ2v) is 8.47. The summed E-state index contributed by atoms with van der Waals surface area (Å²) in [4.78, 5) is 28.3. The van der Waals surface area contributed by atoms with Crippen LogP contribution in [0.1, 0.15) is 56.1 Å². The molecule has 1 aliphatic carbocycles. The van der Waals surface area contributed by atoms with Crippen molar-refractivity contribution in [3.8, 4) is 0 Å². The molecule has 1 N–H and O–H groups in total. The van der Waals surface area contributed by atoms with E-state index in [1.165, 1.54) is 0 Å². The molecule has 1 fully saturated rings. The molecule has 0 saturated heterocycles. The van der Waals surface area contributed by atoms with Gasteiger partial charge in [-0.1, -0.05) is 61.7 Å². The zero-order chi connectivity index (χ0) is 20.4. The maximum atomic E-state index is 13.5. The molecule has 4 nitrogen and oxygen atoms in total. The Morgan fingerprint density at radius 1 is 1.14 bits per heavy atom. The Morgan fingerprint density at radius 3 is 2.59 bits per heavy atom. The Hall–Kier alpha value is -2.33. The third kappa shape index (κ3) is 3.91. The number of nitrogens with one attached hydrogen (secondary N) is 1. The molecule has 0 spiro atoms. The minimum absolute atomic E-state index is 0.0503. The van der Waals surface area contributed by atoms with Crippen LogP contribution in [0.2, 0.25) is 5.02 Å². The smallest absolute Gasteiger partial charge is 0.243 e. The van der Waals surface area contributed by atoms with E-state index in [0.29, 0.717) is 18.0 Å². The van der Waals surface area contributed by atoms with Crippen molar-refractivity contribution in [3.63, 3.8) is 0 Å². The van der Waals surface area contributed by atoms with Crippen molar-refractivity contribution in [2.75, 3.05) is 4.90 Å². The third-order valence-electron chi connectivity index (χ3n) is 6.28. The lowest BCUT2D eigenvalue weighted by atomic mass is 9.71. The van der Waals surface area contributed by atoms with Crippen LogP contribution in [0.5, 0.6) is 0 Å². The molecule has 29 heavy (non-hydrogen) atoms. The maximum Gasteiger partial charge on any atom is 0.243 e. The molecule has 2 aliphatic rings. The topological polar surface area (TPSA) is 49.4 Å². The number of carbonyl (C=O) groups excluding carboxylic acids is 2. The van der Waals surface area contributed by atoms with Crippen molar-refractivity contribution in [2.24, 2.45) is 5.92 Å². The van der Waals surface area contributed by atoms with Gasteiger partial charge >= 0.3 is 0 Å². The van der Waals surface area contributed by atoms with E-state index in [9.17, 15) is 9.59 Å². The van der Waals surface area contributed by atoms with E-state index < -0.39 is 6.04 Å². The van der Waals surface area contributed by atoms with E-state index in [4.69, 9.17) is 11.6 Å². The number of halogens is 1. The Bertz CT molecular complexity index is 899. The lowest BCUT2D eigenvalue weighted by Gasteiger charge is -2.44. The van der Waals surface area contributed by atoms with Gasteiger partial charge in [0.1, 0.15) is 6.04 Å². The maximum absolute atomic E-state index is 13.5. The highest BCUT2D eigenvalue weighted by Crippen LogP contribution is 2.48. The molecule has 0 bridgehead atoms. The van der Waals surface area contributed by atoms with E-state index >= 15 is 0 Å². The van der Waals surface area contributed by atoms with Crippen LogP contribution in [-0.2, 0) is 16.1 Å². The van der Waals surface area contributed by atoms with E-state index in [-0.39, 0.29) is 23.7 Å². The molecule has 3 atom stereocenters. The Kier molecular flexibility index (Phi) is 5.91. The number of fused-ring (bicyclic) bond motifs is 3. The summed E-state index contributed by atoms with van der Waals surface area (Å²) in [5.74, 6) is 0.142. The van der Waals surface area contributed by atoms with Crippen LogP contribution in [0.3, 0.4) is 0 Å². The number of nitrogens with zero attached hydrogens (tertiary/aromatic N) is 1. The van der Waals surface area contributed by atoms with Crippen molar-refractivity contribution < 1.29 is 9.59 Å². The Labute approximate surface area is 177 Å². The molecule has 2 aromatic carbocycles. The fourth-order valence-corrected chi connectivity index (χ4v) is 5.03. The molecule has 152 valence electrons. The summed E-state index contributed by atoms with van der Waals surface area (Å²) >= 11 is 6.30. The largest absolute Gasteiger partial charge is 0.350 e. The molecule has 1 heterocycles. The van der Waals surface area contributed by atoms with E-state index in [0.717, 1.165) is 42.5 Å². The minimum Gasteiger partial charge on any atom is -0.350 e. The summed E-state index contributed by atoms with van der Waals surface area (Å²) < 4.78 is 0. The summed E-state index contributed by atoms with van der Waals surface area (Å²) in [5, 5.41) is 3.71. The van der Waals surface area contributed by atoms with Crippen LogP contribution >= 0.6 is 11.6 Å². The quantitative estimate of drug-likeness (QED) is 0.749. The van der Waals surface area contributed by atoms with Crippen LogP contribution in [0.4, 0.5) is 5.69 Å². The monoisotopic (exact) mass is 410 g/mol. The standard InChI is InChI=1S/C24H27ClN2O2/c1-2-21(23(28)26-15-16-8-4-3-5-9-16)27-22-13-12-17(25)14-20(22)18-10-6-7-11-19(18)24(27)29/h3-5,8-9,12-14,18-19,21H,2,6-7,10-11,15H2,1H3,(H,26,28)/t18-,19-,21-/m0/s1. The number of rotatable bonds is 5. The first kappa shape index (κ1) is 20.0. The van der Waals surface area contributed by atoms with Gasteiger partial charge < -0.3 is 5.32 Å². The first-order valence-corrected chi connectivity index (χ1v) is 10.9. The van der Waals surface area contributed by atoms with Gasteiger partial charge in [-0.25, -0.2) is 0 Å². The SMILES string of the molecule is CC[C@@H](C(=O)NCc1ccccc1)N1C(=O)[C@H]2CCCC[C@@H]2c2cc(Cl)ccc21. The van der Waals surface area contributed by atoms with Gasteiger partial charge in [-0.3, -0.25) is 14.5 Å². The zero-order valence-electron chi connectivity index (χ0n) is 16.7. The van der Waals surface area contributed by atoms with E-state index in [2.05, 4.69) is 5.32 Å². The molecule has 5 heteroatoms. The molecular formula is C24H27ClN2O2. The van der Waals surface area contributed by atoms with E-state index in [1.807, 2.05) is 55.5 Å². The van der Waals surface area contributed by atoms with Gasteiger partial charge in [-0.15, -0.1) is 0 Å². The Balaban J connectivity index is 1.63. The lowest BCUT2D eigenvalue weighted by Crippen LogP contribution is -2.54. The van der Waals surface area contributed by atoms with Crippen LogP contribution < -0.4 is 10.2 Å². The molecular weight excluding hydrogens is 384 g/mol.